The van der Waals surface area contributed by atoms with Crippen molar-refractivity contribution in [3.8, 4) is 5.75 Å². The van der Waals surface area contributed by atoms with Crippen LogP contribution in [-0.2, 0) is 14.2 Å². The van der Waals surface area contributed by atoms with Crippen LogP contribution in [0.25, 0.3) is 0 Å². The van der Waals surface area contributed by atoms with E-state index in [1.807, 2.05) is 31.2 Å². The van der Waals surface area contributed by atoms with Gasteiger partial charge in [-0.2, -0.15) is 0 Å². The van der Waals surface area contributed by atoms with Crippen LogP contribution in [0.15, 0.2) is 24.3 Å². The van der Waals surface area contributed by atoms with Crippen molar-refractivity contribution >= 4 is 0 Å². The molecule has 5 nitrogen and oxygen atoms in total. The Balaban J connectivity index is 2.01. The van der Waals surface area contributed by atoms with Gasteiger partial charge in [0.05, 0.1) is 33.0 Å². The van der Waals surface area contributed by atoms with E-state index in [1.165, 1.54) is 0 Å². The zero-order valence-electron chi connectivity index (χ0n) is 12.3. The molecule has 0 aliphatic rings. The van der Waals surface area contributed by atoms with E-state index in [9.17, 15) is 0 Å². The molecule has 0 fully saturated rings. The first-order chi connectivity index (χ1) is 9.74. The lowest BCUT2D eigenvalue weighted by Gasteiger charge is -2.09. The topological polar surface area (TPSA) is 62.9 Å². The predicted molar refractivity (Wildman–Crippen MR) is 78.1 cm³/mol. The molecule has 0 aromatic heterocycles. The Morgan fingerprint density at radius 1 is 0.900 bits per heavy atom. The molecule has 20 heavy (non-hydrogen) atoms. The molecule has 1 aromatic carbocycles. The van der Waals surface area contributed by atoms with Gasteiger partial charge < -0.3 is 24.7 Å². The molecule has 1 atom stereocenters. The highest BCUT2D eigenvalue weighted by Crippen LogP contribution is 2.15. The van der Waals surface area contributed by atoms with Crippen molar-refractivity contribution in [2.75, 3.05) is 46.8 Å². The number of hydrogen-bond donors (Lipinski definition) is 1. The molecule has 0 spiro atoms. The molecule has 0 saturated heterocycles. The summed E-state index contributed by atoms with van der Waals surface area (Å²) in [6, 6.07) is 7.85. The highest BCUT2D eigenvalue weighted by molar-refractivity contribution is 5.28. The van der Waals surface area contributed by atoms with Gasteiger partial charge in [0.25, 0.3) is 0 Å². The number of nitrogens with two attached hydrogens (primary N) is 1. The van der Waals surface area contributed by atoms with Crippen molar-refractivity contribution in [2.45, 2.75) is 13.0 Å². The van der Waals surface area contributed by atoms with Gasteiger partial charge >= 0.3 is 0 Å². The number of ether oxygens (including phenoxy) is 4. The van der Waals surface area contributed by atoms with Crippen molar-refractivity contribution in [3.63, 3.8) is 0 Å². The van der Waals surface area contributed by atoms with Crippen molar-refractivity contribution in [1.29, 1.82) is 0 Å². The monoisotopic (exact) mass is 283 g/mol. The second-order valence-electron chi connectivity index (χ2n) is 4.42. The Labute approximate surface area is 121 Å². The Morgan fingerprint density at radius 2 is 1.45 bits per heavy atom. The van der Waals surface area contributed by atoms with Crippen LogP contribution in [-0.4, -0.2) is 46.8 Å². The Morgan fingerprint density at radius 3 is 2.00 bits per heavy atom. The summed E-state index contributed by atoms with van der Waals surface area (Å²) in [5, 5.41) is 0. The zero-order chi connectivity index (χ0) is 14.6. The molecule has 114 valence electrons. The van der Waals surface area contributed by atoms with Crippen LogP contribution < -0.4 is 10.5 Å². The lowest BCUT2D eigenvalue weighted by molar-refractivity contribution is 0.0180. The van der Waals surface area contributed by atoms with E-state index in [1.54, 1.807) is 7.11 Å². The van der Waals surface area contributed by atoms with Crippen molar-refractivity contribution in [1.82, 2.24) is 0 Å². The van der Waals surface area contributed by atoms with Crippen LogP contribution >= 0.6 is 0 Å². The Kier molecular flexibility index (Phi) is 8.98. The van der Waals surface area contributed by atoms with Crippen LogP contribution in [0.3, 0.4) is 0 Å². The fraction of sp³-hybridized carbons (Fsp3) is 0.600. The maximum Gasteiger partial charge on any atom is 0.119 e. The van der Waals surface area contributed by atoms with Gasteiger partial charge in [0.1, 0.15) is 12.4 Å². The third kappa shape index (κ3) is 7.45. The molecule has 0 saturated carbocycles. The minimum Gasteiger partial charge on any atom is -0.491 e. The van der Waals surface area contributed by atoms with Crippen molar-refractivity contribution < 1.29 is 18.9 Å². The molecule has 0 unspecified atom stereocenters. The van der Waals surface area contributed by atoms with Gasteiger partial charge in [0.2, 0.25) is 0 Å². The minimum absolute atomic E-state index is 0.0468. The highest BCUT2D eigenvalue weighted by atomic mass is 16.6. The molecule has 2 N–H and O–H groups in total. The van der Waals surface area contributed by atoms with Gasteiger partial charge in [-0.1, -0.05) is 12.1 Å². The predicted octanol–water partition coefficient (Wildman–Crippen LogP) is 1.76. The standard InChI is InChI=1S/C15H25NO4/c1-13(16)14-3-5-15(6-4-14)20-12-11-19-10-9-18-8-7-17-2/h3-6,13H,7-12,16H2,1-2H3/t13-/m1/s1. The van der Waals surface area contributed by atoms with E-state index in [4.69, 9.17) is 24.7 Å². The lowest BCUT2D eigenvalue weighted by Crippen LogP contribution is -2.12. The summed E-state index contributed by atoms with van der Waals surface area (Å²) >= 11 is 0. The van der Waals surface area contributed by atoms with Crippen LogP contribution in [0.2, 0.25) is 0 Å². The summed E-state index contributed by atoms with van der Waals surface area (Å²) in [7, 11) is 1.65. The molecule has 0 aliphatic heterocycles. The van der Waals surface area contributed by atoms with E-state index in [0.717, 1.165) is 11.3 Å². The fourth-order valence-corrected chi connectivity index (χ4v) is 1.55. The van der Waals surface area contributed by atoms with E-state index >= 15 is 0 Å². The summed E-state index contributed by atoms with van der Waals surface area (Å²) in [5.41, 5.74) is 6.88. The average Bonchev–Trinajstić information content (AvgIpc) is 2.46. The maximum atomic E-state index is 5.78. The molecular formula is C15H25NO4. The molecule has 0 aliphatic carbocycles. The summed E-state index contributed by atoms with van der Waals surface area (Å²) in [4.78, 5) is 0. The van der Waals surface area contributed by atoms with Crippen LogP contribution in [0.5, 0.6) is 5.75 Å². The highest BCUT2D eigenvalue weighted by Gasteiger charge is 1.99. The minimum atomic E-state index is 0.0468. The smallest absolute Gasteiger partial charge is 0.119 e. The van der Waals surface area contributed by atoms with Gasteiger partial charge in [-0.3, -0.25) is 0 Å². The lowest BCUT2D eigenvalue weighted by atomic mass is 10.1. The summed E-state index contributed by atoms with van der Waals surface area (Å²) in [5.74, 6) is 0.828. The Bertz CT molecular complexity index is 340. The molecule has 1 rings (SSSR count). The number of methoxy groups -OCH3 is 1. The van der Waals surface area contributed by atoms with E-state index in [2.05, 4.69) is 0 Å². The first-order valence-electron chi connectivity index (χ1n) is 6.87. The second-order valence-corrected chi connectivity index (χ2v) is 4.42. The molecule has 0 heterocycles. The molecule has 0 amide bonds. The molecule has 0 radical (unpaired) electrons. The van der Waals surface area contributed by atoms with Crippen LogP contribution in [0.1, 0.15) is 18.5 Å². The molecule has 0 bridgehead atoms. The van der Waals surface area contributed by atoms with Gasteiger partial charge in [0.15, 0.2) is 0 Å². The molecule has 5 heteroatoms. The maximum absolute atomic E-state index is 5.78. The zero-order valence-corrected chi connectivity index (χ0v) is 12.3. The molecular weight excluding hydrogens is 258 g/mol. The Hall–Kier alpha value is -1.14. The van der Waals surface area contributed by atoms with Gasteiger partial charge in [-0.15, -0.1) is 0 Å². The van der Waals surface area contributed by atoms with Crippen LogP contribution in [0.4, 0.5) is 0 Å². The first-order valence-corrected chi connectivity index (χ1v) is 6.87. The normalized spacial score (nSPS) is 12.3. The average molecular weight is 283 g/mol. The summed E-state index contributed by atoms with van der Waals surface area (Å²) < 4.78 is 21.1. The van der Waals surface area contributed by atoms with Crippen LogP contribution in [0, 0.1) is 0 Å². The van der Waals surface area contributed by atoms with E-state index < -0.39 is 0 Å². The first kappa shape index (κ1) is 16.9. The van der Waals surface area contributed by atoms with E-state index in [-0.39, 0.29) is 6.04 Å². The van der Waals surface area contributed by atoms with E-state index in [0.29, 0.717) is 39.6 Å². The molecule has 1 aromatic rings. The van der Waals surface area contributed by atoms with Crippen molar-refractivity contribution in [3.05, 3.63) is 29.8 Å². The number of hydrogen-bond acceptors (Lipinski definition) is 5. The van der Waals surface area contributed by atoms with Gasteiger partial charge in [-0.25, -0.2) is 0 Å². The SMILES string of the molecule is COCCOCCOCCOc1ccc([C@@H](C)N)cc1. The largest absolute Gasteiger partial charge is 0.491 e. The third-order valence-corrected chi connectivity index (χ3v) is 2.71. The van der Waals surface area contributed by atoms with Crippen molar-refractivity contribution in [2.24, 2.45) is 5.73 Å². The summed E-state index contributed by atoms with van der Waals surface area (Å²) in [6.45, 7) is 5.38. The third-order valence-electron chi connectivity index (χ3n) is 2.71. The summed E-state index contributed by atoms with van der Waals surface area (Å²) in [6.07, 6.45) is 0. The second kappa shape index (κ2) is 10.6. The number of benzene rings is 1. The van der Waals surface area contributed by atoms with Gasteiger partial charge in [-0.05, 0) is 24.6 Å². The quantitative estimate of drug-likeness (QED) is 0.627. The number of rotatable bonds is 11. The van der Waals surface area contributed by atoms with Gasteiger partial charge in [0, 0.05) is 13.2 Å². The fourth-order valence-electron chi connectivity index (χ4n) is 1.55.